The number of aryl methyl sites for hydroxylation is 1. The number of carbonyl (C=O) groups is 3. The fourth-order valence-corrected chi connectivity index (χ4v) is 4.62. The van der Waals surface area contributed by atoms with Gasteiger partial charge in [-0.05, 0) is 55.8 Å². The Morgan fingerprint density at radius 2 is 1.86 bits per heavy atom. The summed E-state index contributed by atoms with van der Waals surface area (Å²) >= 11 is 0. The van der Waals surface area contributed by atoms with E-state index < -0.39 is 5.54 Å². The van der Waals surface area contributed by atoms with Crippen molar-refractivity contribution in [3.63, 3.8) is 0 Å². The normalized spacial score (nSPS) is 16.8. The topological polar surface area (TPSA) is 109 Å². The number of nitrogens with zero attached hydrogens (tertiary/aromatic N) is 3. The number of anilines is 2. The second kappa shape index (κ2) is 9.42. The van der Waals surface area contributed by atoms with E-state index in [1.165, 1.54) is 11.8 Å². The van der Waals surface area contributed by atoms with Crippen molar-refractivity contribution in [3.8, 4) is 11.5 Å². The predicted molar refractivity (Wildman–Crippen MR) is 139 cm³/mol. The summed E-state index contributed by atoms with van der Waals surface area (Å²) in [7, 11) is 0. The molecule has 0 bridgehead atoms. The lowest BCUT2D eigenvalue weighted by Crippen LogP contribution is -2.64. The zero-order valence-electron chi connectivity index (χ0n) is 20.8. The monoisotopic (exact) mass is 497 g/mol. The van der Waals surface area contributed by atoms with E-state index in [4.69, 9.17) is 4.42 Å². The molecule has 0 fully saturated rings. The number of hydrogen-bond donors (Lipinski definition) is 2. The van der Waals surface area contributed by atoms with Crippen LogP contribution in [0, 0.1) is 6.92 Å². The number of carbonyl (C=O) groups excluding carboxylic acids is 3. The van der Waals surface area contributed by atoms with E-state index >= 15 is 0 Å². The molecule has 4 aromatic rings. The van der Waals surface area contributed by atoms with Crippen LogP contribution in [0.4, 0.5) is 11.4 Å². The third kappa shape index (κ3) is 4.63. The van der Waals surface area contributed by atoms with Crippen molar-refractivity contribution in [1.82, 2.24) is 15.1 Å². The van der Waals surface area contributed by atoms with E-state index in [1.807, 2.05) is 31.2 Å². The summed E-state index contributed by atoms with van der Waals surface area (Å²) in [6.07, 6.45) is 1.54. The van der Waals surface area contributed by atoms with E-state index in [0.29, 0.717) is 35.1 Å². The molecule has 2 N–H and O–H groups in total. The number of aromatic nitrogens is 2. The van der Waals surface area contributed by atoms with Gasteiger partial charge >= 0.3 is 0 Å². The van der Waals surface area contributed by atoms with Gasteiger partial charge in [-0.1, -0.05) is 29.8 Å². The highest BCUT2D eigenvalue weighted by atomic mass is 16.3. The van der Waals surface area contributed by atoms with Gasteiger partial charge in [0.2, 0.25) is 11.8 Å². The molecule has 3 amide bonds. The highest BCUT2D eigenvalue weighted by molar-refractivity contribution is 6.12. The molecule has 0 aliphatic carbocycles. The molecular formula is C28H27N5O4. The Kier molecular flexibility index (Phi) is 6.12. The largest absolute Gasteiger partial charge is 0.463 e. The average molecular weight is 498 g/mol. The summed E-state index contributed by atoms with van der Waals surface area (Å²) in [5.74, 6) is -0.339. The Hall–Kier alpha value is -4.66. The van der Waals surface area contributed by atoms with E-state index in [0.717, 1.165) is 11.1 Å². The summed E-state index contributed by atoms with van der Waals surface area (Å²) in [4.78, 5) is 40.6. The molecule has 188 valence electrons. The first-order valence-electron chi connectivity index (χ1n) is 11.9. The third-order valence-corrected chi connectivity index (χ3v) is 6.40. The molecule has 9 heteroatoms. The van der Waals surface area contributed by atoms with Crippen LogP contribution >= 0.6 is 0 Å². The second-order valence-electron chi connectivity index (χ2n) is 9.36. The van der Waals surface area contributed by atoms with Crippen molar-refractivity contribution in [1.29, 1.82) is 0 Å². The maximum Gasteiger partial charge on any atom is 0.277 e. The highest BCUT2D eigenvalue weighted by Crippen LogP contribution is 2.35. The van der Waals surface area contributed by atoms with Gasteiger partial charge in [-0.25, -0.2) is 0 Å². The summed E-state index contributed by atoms with van der Waals surface area (Å²) in [6.45, 7) is 5.62. The predicted octanol–water partition coefficient (Wildman–Crippen LogP) is 4.15. The van der Waals surface area contributed by atoms with Crippen molar-refractivity contribution < 1.29 is 18.8 Å². The standard InChI is InChI=1S/C28H27N5O4/c1-18-6-4-7-20(14-18)16-29-27(36)28(3)17-32-24(15-23(31-32)25-8-5-13-37-25)26(35)33(28)22-11-9-21(10-12-22)30-19(2)34/h4-15H,16-17H2,1-3H3,(H,29,36)(H,30,34). The van der Waals surface area contributed by atoms with Crippen LogP contribution in [-0.4, -0.2) is 33.0 Å². The number of hydrogen-bond acceptors (Lipinski definition) is 5. The van der Waals surface area contributed by atoms with Crippen molar-refractivity contribution in [2.75, 3.05) is 10.2 Å². The molecule has 0 radical (unpaired) electrons. The minimum absolute atomic E-state index is 0.141. The van der Waals surface area contributed by atoms with Crippen LogP contribution in [-0.2, 0) is 22.7 Å². The van der Waals surface area contributed by atoms with Gasteiger partial charge in [0.15, 0.2) is 5.76 Å². The first-order chi connectivity index (χ1) is 17.7. The van der Waals surface area contributed by atoms with E-state index in [2.05, 4.69) is 15.7 Å². The molecule has 0 saturated carbocycles. The molecule has 1 atom stereocenters. The Morgan fingerprint density at radius 1 is 1.08 bits per heavy atom. The fourth-order valence-electron chi connectivity index (χ4n) is 4.62. The molecule has 37 heavy (non-hydrogen) atoms. The fraction of sp³-hybridized carbons (Fsp3) is 0.214. The second-order valence-corrected chi connectivity index (χ2v) is 9.36. The number of amides is 3. The molecule has 0 spiro atoms. The van der Waals surface area contributed by atoms with Crippen molar-refractivity contribution in [2.45, 2.75) is 39.4 Å². The van der Waals surface area contributed by atoms with Crippen LogP contribution in [0.25, 0.3) is 11.5 Å². The van der Waals surface area contributed by atoms with Gasteiger partial charge in [0, 0.05) is 30.9 Å². The third-order valence-electron chi connectivity index (χ3n) is 6.40. The minimum Gasteiger partial charge on any atom is -0.463 e. The van der Waals surface area contributed by atoms with Crippen molar-refractivity contribution >= 4 is 29.1 Å². The SMILES string of the molecule is CC(=O)Nc1ccc(N2C(=O)c3cc(-c4ccco4)nn3CC2(C)C(=O)NCc2cccc(C)c2)cc1. The van der Waals surface area contributed by atoms with Crippen LogP contribution in [0.3, 0.4) is 0 Å². The van der Waals surface area contributed by atoms with Crippen LogP contribution < -0.4 is 15.5 Å². The van der Waals surface area contributed by atoms with Gasteiger partial charge in [0.1, 0.15) is 16.9 Å². The van der Waals surface area contributed by atoms with Crippen molar-refractivity contribution in [3.05, 3.63) is 89.8 Å². The molecule has 2 aromatic heterocycles. The molecule has 3 heterocycles. The maximum atomic E-state index is 13.9. The lowest BCUT2D eigenvalue weighted by molar-refractivity contribution is -0.126. The first kappa shape index (κ1) is 24.1. The van der Waals surface area contributed by atoms with E-state index in [1.54, 1.807) is 60.3 Å². The van der Waals surface area contributed by atoms with Gasteiger partial charge in [-0.15, -0.1) is 0 Å². The number of rotatable bonds is 6. The van der Waals surface area contributed by atoms with Gasteiger partial charge in [-0.2, -0.15) is 5.10 Å². The molecule has 5 rings (SSSR count). The summed E-state index contributed by atoms with van der Waals surface area (Å²) in [6, 6.07) is 19.9. The average Bonchev–Trinajstić information content (AvgIpc) is 3.53. The smallest absolute Gasteiger partial charge is 0.277 e. The summed E-state index contributed by atoms with van der Waals surface area (Å²) in [5.41, 5.74) is 2.76. The lowest BCUT2D eigenvalue weighted by Gasteiger charge is -2.43. The van der Waals surface area contributed by atoms with Crippen molar-refractivity contribution in [2.24, 2.45) is 0 Å². The molecule has 1 aliphatic rings. The number of furan rings is 1. The Bertz CT molecular complexity index is 1470. The lowest BCUT2D eigenvalue weighted by atomic mass is 9.93. The van der Waals surface area contributed by atoms with Gasteiger partial charge < -0.3 is 15.1 Å². The summed E-state index contributed by atoms with van der Waals surface area (Å²) in [5, 5.41) is 10.3. The minimum atomic E-state index is -1.28. The van der Waals surface area contributed by atoms with Gasteiger partial charge in [-0.3, -0.25) is 24.0 Å². The van der Waals surface area contributed by atoms with Gasteiger partial charge in [0.25, 0.3) is 5.91 Å². The van der Waals surface area contributed by atoms with Crippen LogP contribution in [0.1, 0.15) is 35.5 Å². The molecular weight excluding hydrogens is 470 g/mol. The first-order valence-corrected chi connectivity index (χ1v) is 11.9. The highest BCUT2D eigenvalue weighted by Gasteiger charge is 2.49. The quantitative estimate of drug-likeness (QED) is 0.416. The molecule has 1 unspecified atom stereocenters. The van der Waals surface area contributed by atoms with Crippen LogP contribution in [0.15, 0.2) is 77.4 Å². The van der Waals surface area contributed by atoms with E-state index in [-0.39, 0.29) is 24.3 Å². The number of fused-ring (bicyclic) bond motifs is 1. The maximum absolute atomic E-state index is 13.9. The number of benzene rings is 2. The zero-order valence-corrected chi connectivity index (χ0v) is 20.8. The van der Waals surface area contributed by atoms with Crippen LogP contribution in [0.5, 0.6) is 0 Å². The Labute approximate surface area is 214 Å². The Balaban J connectivity index is 1.52. The summed E-state index contributed by atoms with van der Waals surface area (Å²) < 4.78 is 7.04. The molecule has 0 saturated heterocycles. The number of nitrogens with one attached hydrogen (secondary N) is 2. The van der Waals surface area contributed by atoms with Crippen LogP contribution in [0.2, 0.25) is 0 Å². The molecule has 9 nitrogen and oxygen atoms in total. The molecule has 2 aromatic carbocycles. The van der Waals surface area contributed by atoms with Gasteiger partial charge in [0.05, 0.1) is 12.8 Å². The zero-order chi connectivity index (χ0) is 26.2. The molecule has 1 aliphatic heterocycles. The van der Waals surface area contributed by atoms with E-state index in [9.17, 15) is 14.4 Å². The Morgan fingerprint density at radius 3 is 2.54 bits per heavy atom.